The molecule has 0 aliphatic heterocycles. The molecule has 5 nitrogen and oxygen atoms in total. The normalized spacial score (nSPS) is 11.9. The molecule has 10 heteroatoms. The van der Waals surface area contributed by atoms with Gasteiger partial charge in [-0.05, 0) is 37.3 Å². The van der Waals surface area contributed by atoms with E-state index in [9.17, 15) is 8.42 Å². The fourth-order valence-electron chi connectivity index (χ4n) is 2.40. The maximum absolute atomic E-state index is 11.3. The molecule has 0 N–H and O–H groups in total. The summed E-state index contributed by atoms with van der Waals surface area (Å²) in [5, 5.41) is 5.44. The van der Waals surface area contributed by atoms with Crippen LogP contribution in [0.4, 0.5) is 0 Å². The molecular formula is C16H13Cl3N2O3S2. The van der Waals surface area contributed by atoms with E-state index in [-0.39, 0.29) is 6.61 Å². The van der Waals surface area contributed by atoms with Crippen LogP contribution in [-0.2, 0) is 20.9 Å². The van der Waals surface area contributed by atoms with E-state index in [1.165, 1.54) is 11.3 Å². The average Bonchev–Trinajstić information content (AvgIpc) is 3.08. The second-order valence-electron chi connectivity index (χ2n) is 5.50. The summed E-state index contributed by atoms with van der Waals surface area (Å²) >= 11 is 19.8. The molecule has 2 aromatic heterocycles. The topological polar surface area (TPSA) is 61.2 Å². The van der Waals surface area contributed by atoms with Crippen molar-refractivity contribution in [1.29, 1.82) is 0 Å². The molecule has 3 rings (SSSR count). The average molecular weight is 452 g/mol. The van der Waals surface area contributed by atoms with Crippen LogP contribution in [0.5, 0.6) is 0 Å². The van der Waals surface area contributed by atoms with Gasteiger partial charge in [0.05, 0.1) is 37.6 Å². The van der Waals surface area contributed by atoms with Crippen molar-refractivity contribution >= 4 is 56.3 Å². The SMILES string of the molecule is Cc1c(COS(C)(=O)=O)nn(-c2ccc(Cl)cc2Cl)c1-c1ccc(Cl)s1. The summed E-state index contributed by atoms with van der Waals surface area (Å²) in [5.74, 6) is 0. The molecule has 0 saturated heterocycles. The molecule has 0 fully saturated rings. The van der Waals surface area contributed by atoms with Gasteiger partial charge in [-0.25, -0.2) is 4.68 Å². The second-order valence-corrected chi connectivity index (χ2v) is 9.70. The third kappa shape index (κ3) is 4.24. The minimum Gasteiger partial charge on any atom is -0.264 e. The van der Waals surface area contributed by atoms with Gasteiger partial charge in [0.1, 0.15) is 6.61 Å². The molecule has 138 valence electrons. The maximum Gasteiger partial charge on any atom is 0.264 e. The molecule has 0 aliphatic rings. The molecule has 0 radical (unpaired) electrons. The summed E-state index contributed by atoms with van der Waals surface area (Å²) in [7, 11) is -3.59. The van der Waals surface area contributed by atoms with Gasteiger partial charge in [-0.1, -0.05) is 34.8 Å². The molecule has 3 aromatic rings. The molecule has 0 amide bonds. The summed E-state index contributed by atoms with van der Waals surface area (Å²) < 4.78 is 29.9. The Labute approximate surface area is 170 Å². The Kier molecular flexibility index (Phi) is 5.67. The minimum absolute atomic E-state index is 0.172. The largest absolute Gasteiger partial charge is 0.264 e. The third-order valence-electron chi connectivity index (χ3n) is 3.57. The van der Waals surface area contributed by atoms with Crippen LogP contribution in [0.25, 0.3) is 16.3 Å². The van der Waals surface area contributed by atoms with Crippen molar-refractivity contribution in [2.75, 3.05) is 6.26 Å². The molecule has 2 heterocycles. The molecule has 0 unspecified atom stereocenters. The first kappa shape index (κ1) is 19.7. The van der Waals surface area contributed by atoms with Crippen LogP contribution in [0, 0.1) is 6.92 Å². The fourth-order valence-corrected chi connectivity index (χ4v) is 4.34. The van der Waals surface area contributed by atoms with Crippen LogP contribution in [0.2, 0.25) is 14.4 Å². The standard InChI is InChI=1S/C16H13Cl3N2O3S2/c1-9-12(8-24-26(2,22)23)20-21(13-4-3-10(17)7-11(13)18)16(9)14-5-6-15(19)25-14/h3-7H,8H2,1-2H3. The first-order valence-corrected chi connectivity index (χ1v) is 11.1. The summed E-state index contributed by atoms with van der Waals surface area (Å²) in [5.41, 5.74) is 2.64. The molecule has 0 bridgehead atoms. The molecule has 1 aromatic carbocycles. The second kappa shape index (κ2) is 7.50. The van der Waals surface area contributed by atoms with Gasteiger partial charge >= 0.3 is 0 Å². The Bertz CT molecular complexity index is 1070. The molecule has 0 atom stereocenters. The highest BCUT2D eigenvalue weighted by Crippen LogP contribution is 2.37. The number of thiophene rings is 1. The maximum atomic E-state index is 11.3. The quantitative estimate of drug-likeness (QED) is 0.491. The van der Waals surface area contributed by atoms with E-state index in [0.29, 0.717) is 25.8 Å². The van der Waals surface area contributed by atoms with Crippen LogP contribution in [-0.4, -0.2) is 24.5 Å². The summed E-state index contributed by atoms with van der Waals surface area (Å²) in [6.07, 6.45) is 0.995. The first-order chi connectivity index (χ1) is 12.2. The van der Waals surface area contributed by atoms with Gasteiger partial charge in [0.15, 0.2) is 0 Å². The van der Waals surface area contributed by atoms with Crippen molar-refractivity contribution < 1.29 is 12.6 Å². The lowest BCUT2D eigenvalue weighted by Crippen LogP contribution is -2.04. The lowest BCUT2D eigenvalue weighted by atomic mass is 10.2. The van der Waals surface area contributed by atoms with Gasteiger partial charge in [-0.3, -0.25) is 4.18 Å². The lowest BCUT2D eigenvalue weighted by molar-refractivity contribution is 0.305. The van der Waals surface area contributed by atoms with Crippen LogP contribution < -0.4 is 0 Å². The van der Waals surface area contributed by atoms with E-state index in [1.807, 2.05) is 13.0 Å². The summed E-state index contributed by atoms with van der Waals surface area (Å²) in [6, 6.07) is 8.73. The highest BCUT2D eigenvalue weighted by molar-refractivity contribution is 7.85. The van der Waals surface area contributed by atoms with Gasteiger partial charge in [0.2, 0.25) is 0 Å². The zero-order valence-electron chi connectivity index (χ0n) is 13.7. The monoisotopic (exact) mass is 450 g/mol. The van der Waals surface area contributed by atoms with Crippen molar-refractivity contribution in [1.82, 2.24) is 9.78 Å². The van der Waals surface area contributed by atoms with Crippen LogP contribution in [0.15, 0.2) is 30.3 Å². The lowest BCUT2D eigenvalue weighted by Gasteiger charge is -2.09. The smallest absolute Gasteiger partial charge is 0.264 e. The number of benzene rings is 1. The van der Waals surface area contributed by atoms with Crippen LogP contribution in [0.3, 0.4) is 0 Å². The van der Waals surface area contributed by atoms with E-state index < -0.39 is 10.1 Å². The molecule has 26 heavy (non-hydrogen) atoms. The Morgan fingerprint density at radius 1 is 1.19 bits per heavy atom. The Morgan fingerprint density at radius 3 is 2.50 bits per heavy atom. The first-order valence-electron chi connectivity index (χ1n) is 7.30. The summed E-state index contributed by atoms with van der Waals surface area (Å²) in [4.78, 5) is 0.872. The van der Waals surface area contributed by atoms with Crippen molar-refractivity contribution in [3.05, 3.63) is 56.0 Å². The Balaban J connectivity index is 2.18. The highest BCUT2D eigenvalue weighted by Gasteiger charge is 2.21. The number of hydrogen-bond acceptors (Lipinski definition) is 5. The van der Waals surface area contributed by atoms with Gasteiger partial charge in [-0.15, -0.1) is 11.3 Å². The Hall–Kier alpha value is -1.09. The van der Waals surface area contributed by atoms with Gasteiger partial charge in [-0.2, -0.15) is 13.5 Å². The minimum atomic E-state index is -3.59. The molecule has 0 saturated carbocycles. The predicted octanol–water partition coefficient (Wildman–Crippen LogP) is 5.35. The van der Waals surface area contributed by atoms with Crippen molar-refractivity contribution in [2.45, 2.75) is 13.5 Å². The Morgan fingerprint density at radius 2 is 1.92 bits per heavy atom. The van der Waals surface area contributed by atoms with Crippen LogP contribution >= 0.6 is 46.1 Å². The number of halogens is 3. The zero-order valence-corrected chi connectivity index (χ0v) is 17.6. The number of nitrogens with zero attached hydrogens (tertiary/aromatic N) is 2. The van der Waals surface area contributed by atoms with Gasteiger partial charge in [0.25, 0.3) is 10.1 Å². The van der Waals surface area contributed by atoms with E-state index in [4.69, 9.17) is 39.0 Å². The molecule has 0 spiro atoms. The number of hydrogen-bond donors (Lipinski definition) is 0. The molecular weight excluding hydrogens is 439 g/mol. The van der Waals surface area contributed by atoms with Crippen LogP contribution in [0.1, 0.15) is 11.3 Å². The van der Waals surface area contributed by atoms with Crippen molar-refractivity contribution in [3.8, 4) is 16.3 Å². The van der Waals surface area contributed by atoms with E-state index in [1.54, 1.807) is 28.9 Å². The van der Waals surface area contributed by atoms with Crippen molar-refractivity contribution in [2.24, 2.45) is 0 Å². The zero-order chi connectivity index (χ0) is 19.1. The highest BCUT2D eigenvalue weighted by atomic mass is 35.5. The molecule has 0 aliphatic carbocycles. The van der Waals surface area contributed by atoms with Gasteiger partial charge in [0, 0.05) is 10.6 Å². The van der Waals surface area contributed by atoms with E-state index in [0.717, 1.165) is 22.4 Å². The van der Waals surface area contributed by atoms with E-state index >= 15 is 0 Å². The van der Waals surface area contributed by atoms with Gasteiger partial charge < -0.3 is 0 Å². The predicted molar refractivity (Wildman–Crippen MR) is 106 cm³/mol. The third-order valence-corrected chi connectivity index (χ3v) is 5.90. The fraction of sp³-hybridized carbons (Fsp3) is 0.188. The summed E-state index contributed by atoms with van der Waals surface area (Å²) in [6.45, 7) is 1.67. The number of aromatic nitrogens is 2. The number of rotatable bonds is 5. The van der Waals surface area contributed by atoms with Crippen molar-refractivity contribution in [3.63, 3.8) is 0 Å². The van der Waals surface area contributed by atoms with E-state index in [2.05, 4.69) is 5.10 Å².